The molecule has 0 aromatic heterocycles. The van der Waals surface area contributed by atoms with Crippen molar-refractivity contribution in [3.63, 3.8) is 0 Å². The highest BCUT2D eigenvalue weighted by molar-refractivity contribution is 7.86. The van der Waals surface area contributed by atoms with Crippen LogP contribution in [0.5, 0.6) is 0 Å². The summed E-state index contributed by atoms with van der Waals surface area (Å²) in [6.45, 7) is 4.37. The van der Waals surface area contributed by atoms with Gasteiger partial charge in [0.15, 0.2) is 0 Å². The molecule has 2 atom stereocenters. The zero-order chi connectivity index (χ0) is 15.2. The molecule has 1 fully saturated rings. The molecule has 0 bridgehead atoms. The van der Waals surface area contributed by atoms with E-state index in [-0.39, 0.29) is 17.3 Å². The van der Waals surface area contributed by atoms with Gasteiger partial charge in [0.25, 0.3) is 0 Å². The van der Waals surface area contributed by atoms with Gasteiger partial charge in [-0.25, -0.2) is 0 Å². The molecule has 1 saturated carbocycles. The molecule has 0 aromatic rings. The molecule has 0 spiro atoms. The van der Waals surface area contributed by atoms with E-state index in [1.807, 2.05) is 0 Å². The normalized spacial score (nSPS) is 18.9. The number of hydrogen-bond donors (Lipinski definition) is 1. The molecule has 0 saturated heterocycles. The second-order valence-corrected chi connectivity index (χ2v) is 7.32. The fourth-order valence-electron chi connectivity index (χ4n) is 2.01. The third-order valence-corrected chi connectivity index (χ3v) is 5.65. The zero-order valence-corrected chi connectivity index (χ0v) is 13.4. The van der Waals surface area contributed by atoms with E-state index in [4.69, 9.17) is 0 Å². The smallest absolute Gasteiger partial charge is 0.306 e. The van der Waals surface area contributed by atoms with Crippen LogP contribution in [0.15, 0.2) is 0 Å². The number of unbranched alkanes of at least 4 members (excludes halogenated alkanes) is 1. The second-order valence-electron chi connectivity index (χ2n) is 5.56. The fourth-order valence-corrected chi connectivity index (χ4v) is 3.57. The van der Waals surface area contributed by atoms with Crippen molar-refractivity contribution in [1.82, 2.24) is 5.32 Å². The van der Waals surface area contributed by atoms with Crippen LogP contribution in [0.2, 0.25) is 0 Å². The minimum absolute atomic E-state index is 0.161. The van der Waals surface area contributed by atoms with Gasteiger partial charge in [-0.15, -0.1) is 0 Å². The SMILES string of the molecule is CCCCNC(=O)C(C)S(=O)CC1(CC(=O)OC)CC1. The highest BCUT2D eigenvalue weighted by atomic mass is 32.2. The molecule has 5 nitrogen and oxygen atoms in total. The molecule has 116 valence electrons. The molecule has 0 radical (unpaired) electrons. The summed E-state index contributed by atoms with van der Waals surface area (Å²) in [7, 11) is 0.115. The summed E-state index contributed by atoms with van der Waals surface area (Å²) < 4.78 is 16.9. The van der Waals surface area contributed by atoms with Gasteiger partial charge in [0.1, 0.15) is 5.25 Å². The van der Waals surface area contributed by atoms with E-state index in [1.165, 1.54) is 7.11 Å². The van der Waals surface area contributed by atoms with Crippen molar-refractivity contribution in [2.75, 3.05) is 19.4 Å². The molecule has 20 heavy (non-hydrogen) atoms. The number of esters is 1. The lowest BCUT2D eigenvalue weighted by molar-refractivity contribution is -0.141. The molecular formula is C14H25NO4S. The van der Waals surface area contributed by atoms with Gasteiger partial charge in [0, 0.05) is 23.1 Å². The number of nitrogens with one attached hydrogen (secondary N) is 1. The van der Waals surface area contributed by atoms with Crippen LogP contribution in [0, 0.1) is 5.41 Å². The van der Waals surface area contributed by atoms with Crippen molar-refractivity contribution < 1.29 is 18.5 Å². The van der Waals surface area contributed by atoms with Gasteiger partial charge >= 0.3 is 5.97 Å². The van der Waals surface area contributed by atoms with Crippen molar-refractivity contribution in [3.8, 4) is 0 Å². The molecule has 1 amide bonds. The van der Waals surface area contributed by atoms with Crippen molar-refractivity contribution in [3.05, 3.63) is 0 Å². The summed E-state index contributed by atoms with van der Waals surface area (Å²) in [6, 6.07) is 0. The van der Waals surface area contributed by atoms with Crippen molar-refractivity contribution >= 4 is 22.7 Å². The Hall–Kier alpha value is -0.910. The number of methoxy groups -OCH3 is 1. The van der Waals surface area contributed by atoms with Gasteiger partial charge in [-0.3, -0.25) is 13.8 Å². The molecule has 1 N–H and O–H groups in total. The molecule has 0 heterocycles. The first-order chi connectivity index (χ1) is 9.44. The van der Waals surface area contributed by atoms with Gasteiger partial charge in [-0.2, -0.15) is 0 Å². The highest BCUT2D eigenvalue weighted by Gasteiger charge is 2.46. The number of rotatable bonds is 9. The predicted molar refractivity (Wildman–Crippen MR) is 78.7 cm³/mol. The van der Waals surface area contributed by atoms with Crippen LogP contribution >= 0.6 is 0 Å². The molecule has 0 aliphatic heterocycles. The van der Waals surface area contributed by atoms with E-state index in [2.05, 4.69) is 17.0 Å². The summed E-state index contributed by atoms with van der Waals surface area (Å²) in [5.41, 5.74) is -0.198. The molecule has 2 unspecified atom stereocenters. The first kappa shape index (κ1) is 17.1. The van der Waals surface area contributed by atoms with E-state index >= 15 is 0 Å². The van der Waals surface area contributed by atoms with E-state index < -0.39 is 16.0 Å². The van der Waals surface area contributed by atoms with Crippen LogP contribution in [0.3, 0.4) is 0 Å². The lowest BCUT2D eigenvalue weighted by Crippen LogP contribution is -2.38. The zero-order valence-electron chi connectivity index (χ0n) is 12.6. The minimum atomic E-state index is -1.25. The van der Waals surface area contributed by atoms with Crippen LogP contribution in [0.1, 0.15) is 46.0 Å². The molecule has 6 heteroatoms. The second kappa shape index (κ2) is 7.76. The van der Waals surface area contributed by atoms with Gasteiger partial charge < -0.3 is 10.1 Å². The largest absolute Gasteiger partial charge is 0.469 e. The summed E-state index contributed by atoms with van der Waals surface area (Å²) in [6.07, 6.45) is 4.02. The quantitative estimate of drug-likeness (QED) is 0.516. The number of ether oxygens (including phenoxy) is 1. The molecular weight excluding hydrogens is 278 g/mol. The average molecular weight is 303 g/mol. The Bertz CT molecular complexity index is 379. The average Bonchev–Trinajstić information content (AvgIpc) is 3.16. The maximum atomic E-state index is 12.2. The summed E-state index contributed by atoms with van der Waals surface area (Å²) in [5, 5.41) is 2.27. The van der Waals surface area contributed by atoms with Gasteiger partial charge in [0.2, 0.25) is 5.91 Å². The summed E-state index contributed by atoms with van der Waals surface area (Å²) >= 11 is 0. The van der Waals surface area contributed by atoms with Crippen LogP contribution in [0.4, 0.5) is 0 Å². The number of carbonyl (C=O) groups is 2. The lowest BCUT2D eigenvalue weighted by atomic mass is 10.1. The molecule has 1 aliphatic carbocycles. The van der Waals surface area contributed by atoms with E-state index in [9.17, 15) is 13.8 Å². The Morgan fingerprint density at radius 2 is 2.05 bits per heavy atom. The summed E-state index contributed by atoms with van der Waals surface area (Å²) in [5.74, 6) is -0.0185. The maximum Gasteiger partial charge on any atom is 0.306 e. The van der Waals surface area contributed by atoms with Gasteiger partial charge in [-0.05, 0) is 31.6 Å². The van der Waals surface area contributed by atoms with Crippen molar-refractivity contribution in [2.45, 2.75) is 51.2 Å². The molecule has 0 aromatic carbocycles. The number of hydrogen-bond acceptors (Lipinski definition) is 4. The Kier molecular flexibility index (Phi) is 6.65. The van der Waals surface area contributed by atoms with Gasteiger partial charge in [-0.1, -0.05) is 13.3 Å². The predicted octanol–water partition coefficient (Wildman–Crippen LogP) is 1.38. The third-order valence-electron chi connectivity index (χ3n) is 3.75. The third kappa shape index (κ3) is 5.23. The van der Waals surface area contributed by atoms with E-state index in [1.54, 1.807) is 6.92 Å². The highest BCUT2D eigenvalue weighted by Crippen LogP contribution is 2.49. The Labute approximate surface area is 123 Å². The van der Waals surface area contributed by atoms with Crippen LogP contribution < -0.4 is 5.32 Å². The van der Waals surface area contributed by atoms with Crippen LogP contribution in [-0.2, 0) is 25.1 Å². The first-order valence-electron chi connectivity index (χ1n) is 7.16. The molecule has 1 rings (SSSR count). The Morgan fingerprint density at radius 1 is 1.40 bits per heavy atom. The fraction of sp³-hybridized carbons (Fsp3) is 0.857. The first-order valence-corrected chi connectivity index (χ1v) is 8.54. The topological polar surface area (TPSA) is 72.5 Å². The Morgan fingerprint density at radius 3 is 2.55 bits per heavy atom. The Balaban J connectivity index is 2.41. The minimum Gasteiger partial charge on any atom is -0.469 e. The van der Waals surface area contributed by atoms with E-state index in [0.29, 0.717) is 18.7 Å². The monoisotopic (exact) mass is 303 g/mol. The van der Waals surface area contributed by atoms with Crippen LogP contribution in [-0.4, -0.2) is 40.7 Å². The van der Waals surface area contributed by atoms with Crippen LogP contribution in [0.25, 0.3) is 0 Å². The lowest BCUT2D eigenvalue weighted by Gasteiger charge is -2.17. The number of amides is 1. The standard InChI is InChI=1S/C14H25NO4S/c1-4-5-8-15-13(17)11(2)20(18)10-14(6-7-14)9-12(16)19-3/h11H,4-10H2,1-3H3,(H,15,17). The van der Waals surface area contributed by atoms with E-state index in [0.717, 1.165) is 25.7 Å². The molecule has 1 aliphatic rings. The summed E-state index contributed by atoms with van der Waals surface area (Å²) in [4.78, 5) is 23.2. The van der Waals surface area contributed by atoms with Crippen molar-refractivity contribution in [1.29, 1.82) is 0 Å². The number of carbonyl (C=O) groups excluding carboxylic acids is 2. The maximum absolute atomic E-state index is 12.2. The van der Waals surface area contributed by atoms with Gasteiger partial charge in [0.05, 0.1) is 13.5 Å². The van der Waals surface area contributed by atoms with Crippen molar-refractivity contribution in [2.24, 2.45) is 5.41 Å².